The van der Waals surface area contributed by atoms with Crippen molar-refractivity contribution >= 4 is 17.5 Å². The van der Waals surface area contributed by atoms with Gasteiger partial charge in [0.25, 0.3) is 0 Å². The molecule has 2 rings (SSSR count). The van der Waals surface area contributed by atoms with Crippen LogP contribution in [0.2, 0.25) is 0 Å². The monoisotopic (exact) mass is 266 g/mol. The minimum atomic E-state index is -0.475. The molecule has 102 valence electrons. The summed E-state index contributed by atoms with van der Waals surface area (Å²) in [6.07, 6.45) is 0.102. The van der Waals surface area contributed by atoms with Crippen LogP contribution in [0.3, 0.4) is 0 Å². The lowest BCUT2D eigenvalue weighted by molar-refractivity contribution is -0.135. The number of nitrogens with one attached hydrogen (secondary N) is 1. The molecule has 0 bridgehead atoms. The number of hydroxylamine groups is 1. The summed E-state index contributed by atoms with van der Waals surface area (Å²) in [6.45, 7) is 1.89. The maximum atomic E-state index is 13.5. The second-order valence-corrected chi connectivity index (χ2v) is 4.51. The lowest BCUT2D eigenvalue weighted by Crippen LogP contribution is -2.32. The Morgan fingerprint density at radius 3 is 2.89 bits per heavy atom. The third-order valence-corrected chi connectivity index (χ3v) is 3.17. The van der Waals surface area contributed by atoms with Crippen molar-refractivity contribution in [2.24, 2.45) is 5.92 Å². The number of carbonyl (C=O) groups excluding carboxylic acids is 2. The molecule has 19 heavy (non-hydrogen) atoms. The summed E-state index contributed by atoms with van der Waals surface area (Å²) in [5, 5.41) is 0. The summed E-state index contributed by atoms with van der Waals surface area (Å²) < 4.78 is 13.5. The van der Waals surface area contributed by atoms with E-state index in [4.69, 9.17) is 0 Å². The van der Waals surface area contributed by atoms with Gasteiger partial charge in [0.2, 0.25) is 11.8 Å². The van der Waals surface area contributed by atoms with Crippen molar-refractivity contribution in [1.82, 2.24) is 5.48 Å². The van der Waals surface area contributed by atoms with Crippen molar-refractivity contribution in [3.63, 3.8) is 0 Å². The van der Waals surface area contributed by atoms with Gasteiger partial charge in [-0.05, 0) is 24.6 Å². The van der Waals surface area contributed by atoms with Gasteiger partial charge in [0.15, 0.2) is 0 Å². The molecule has 1 saturated heterocycles. The van der Waals surface area contributed by atoms with Crippen LogP contribution in [0.5, 0.6) is 0 Å². The largest absolute Gasteiger partial charge is 0.311 e. The van der Waals surface area contributed by atoms with Crippen LogP contribution in [0.1, 0.15) is 12.0 Å². The maximum Gasteiger partial charge on any atom is 0.248 e. The Balaban J connectivity index is 2.15. The highest BCUT2D eigenvalue weighted by Crippen LogP contribution is 2.26. The summed E-state index contributed by atoms with van der Waals surface area (Å²) in [4.78, 5) is 29.4. The van der Waals surface area contributed by atoms with Crippen LogP contribution in [0.15, 0.2) is 18.2 Å². The van der Waals surface area contributed by atoms with Crippen molar-refractivity contribution < 1.29 is 18.8 Å². The number of hydrogen-bond donors (Lipinski definition) is 1. The Morgan fingerprint density at radius 2 is 2.26 bits per heavy atom. The first kappa shape index (κ1) is 13.5. The van der Waals surface area contributed by atoms with E-state index in [1.165, 1.54) is 18.1 Å². The molecule has 0 aromatic heterocycles. The molecule has 0 saturated carbocycles. The maximum absolute atomic E-state index is 13.5. The number of amides is 2. The molecule has 1 N–H and O–H groups in total. The Labute approximate surface area is 110 Å². The van der Waals surface area contributed by atoms with Gasteiger partial charge in [-0.3, -0.25) is 14.4 Å². The van der Waals surface area contributed by atoms with Gasteiger partial charge >= 0.3 is 0 Å². The normalized spacial score (nSPS) is 18.8. The van der Waals surface area contributed by atoms with Crippen LogP contribution in [-0.2, 0) is 14.4 Å². The average Bonchev–Trinajstić information content (AvgIpc) is 2.75. The van der Waals surface area contributed by atoms with Crippen LogP contribution in [0.4, 0.5) is 10.1 Å². The number of carbonyl (C=O) groups is 2. The molecule has 6 heteroatoms. The summed E-state index contributed by atoms with van der Waals surface area (Å²) in [6, 6.07) is 4.59. The lowest BCUT2D eigenvalue weighted by Gasteiger charge is -2.17. The summed E-state index contributed by atoms with van der Waals surface area (Å²) >= 11 is 0. The molecule has 2 amide bonds. The molecule has 0 radical (unpaired) electrons. The van der Waals surface area contributed by atoms with Gasteiger partial charge in [-0.25, -0.2) is 9.87 Å². The predicted molar refractivity (Wildman–Crippen MR) is 66.7 cm³/mol. The molecule has 1 atom stereocenters. The fourth-order valence-electron chi connectivity index (χ4n) is 2.07. The highest BCUT2D eigenvalue weighted by atomic mass is 19.1. The summed E-state index contributed by atoms with van der Waals surface area (Å²) in [7, 11) is 1.34. The van der Waals surface area contributed by atoms with Gasteiger partial charge < -0.3 is 4.90 Å². The van der Waals surface area contributed by atoms with E-state index in [-0.39, 0.29) is 30.6 Å². The van der Waals surface area contributed by atoms with Crippen molar-refractivity contribution in [1.29, 1.82) is 0 Å². The molecule has 1 aromatic rings. The molecule has 5 nitrogen and oxygen atoms in total. The van der Waals surface area contributed by atoms with E-state index in [1.54, 1.807) is 19.1 Å². The van der Waals surface area contributed by atoms with Gasteiger partial charge in [0.1, 0.15) is 5.82 Å². The third-order valence-electron chi connectivity index (χ3n) is 3.17. The topological polar surface area (TPSA) is 58.6 Å². The predicted octanol–water partition coefficient (Wildman–Crippen LogP) is 1.16. The van der Waals surface area contributed by atoms with Crippen LogP contribution in [0.25, 0.3) is 0 Å². The minimum absolute atomic E-state index is 0.102. The number of aryl methyl sites for hydroxylation is 1. The van der Waals surface area contributed by atoms with E-state index in [0.29, 0.717) is 11.3 Å². The highest BCUT2D eigenvalue weighted by molar-refractivity contribution is 6.00. The molecule has 0 unspecified atom stereocenters. The molecule has 1 aliphatic heterocycles. The molecular formula is C13H15FN2O3. The first-order valence-electron chi connectivity index (χ1n) is 5.92. The van der Waals surface area contributed by atoms with Gasteiger partial charge in [-0.1, -0.05) is 6.07 Å². The standard InChI is InChI=1S/C13H15FN2O3/c1-8-3-4-10(6-11(8)14)16-7-9(5-12(16)17)13(18)15-19-2/h3-4,6,9H,5,7H2,1-2H3,(H,15,18)/t9-/m1/s1. The zero-order valence-corrected chi connectivity index (χ0v) is 10.8. The van der Waals surface area contributed by atoms with E-state index in [0.717, 1.165) is 0 Å². The Hall–Kier alpha value is -1.95. The van der Waals surface area contributed by atoms with Crippen LogP contribution in [0, 0.1) is 18.7 Å². The summed E-state index contributed by atoms with van der Waals surface area (Å²) in [5.41, 5.74) is 3.20. The lowest BCUT2D eigenvalue weighted by atomic mass is 10.1. The number of rotatable bonds is 3. The van der Waals surface area contributed by atoms with Gasteiger partial charge in [0, 0.05) is 18.7 Å². The Kier molecular flexibility index (Phi) is 3.80. The van der Waals surface area contributed by atoms with E-state index >= 15 is 0 Å². The minimum Gasteiger partial charge on any atom is -0.311 e. The molecule has 0 spiro atoms. The van der Waals surface area contributed by atoms with Crippen LogP contribution >= 0.6 is 0 Å². The van der Waals surface area contributed by atoms with E-state index in [9.17, 15) is 14.0 Å². The second kappa shape index (κ2) is 5.36. The second-order valence-electron chi connectivity index (χ2n) is 4.51. The number of nitrogens with zero attached hydrogens (tertiary/aromatic N) is 1. The SMILES string of the molecule is CONC(=O)[C@@H]1CC(=O)N(c2ccc(C)c(F)c2)C1. The van der Waals surface area contributed by atoms with Crippen molar-refractivity contribution in [2.45, 2.75) is 13.3 Å². The third kappa shape index (κ3) is 2.73. The molecule has 1 aliphatic rings. The molecule has 1 aromatic carbocycles. The number of anilines is 1. The number of hydrogen-bond acceptors (Lipinski definition) is 3. The number of benzene rings is 1. The summed E-state index contributed by atoms with van der Waals surface area (Å²) in [5.74, 6) is -1.38. The zero-order valence-electron chi connectivity index (χ0n) is 10.8. The molecule has 0 aliphatic carbocycles. The van der Waals surface area contributed by atoms with Gasteiger partial charge in [0.05, 0.1) is 13.0 Å². The van der Waals surface area contributed by atoms with Crippen LogP contribution < -0.4 is 10.4 Å². The average molecular weight is 266 g/mol. The van der Waals surface area contributed by atoms with Crippen molar-refractivity contribution in [2.75, 3.05) is 18.6 Å². The highest BCUT2D eigenvalue weighted by Gasteiger charge is 2.35. The van der Waals surface area contributed by atoms with Gasteiger partial charge in [-0.15, -0.1) is 0 Å². The van der Waals surface area contributed by atoms with E-state index in [2.05, 4.69) is 10.3 Å². The zero-order chi connectivity index (χ0) is 14.0. The molecule has 1 fully saturated rings. The smallest absolute Gasteiger partial charge is 0.248 e. The molecular weight excluding hydrogens is 251 g/mol. The van der Waals surface area contributed by atoms with Crippen LogP contribution in [-0.4, -0.2) is 25.5 Å². The van der Waals surface area contributed by atoms with Gasteiger partial charge in [-0.2, -0.15) is 0 Å². The van der Waals surface area contributed by atoms with Crippen molar-refractivity contribution in [3.05, 3.63) is 29.6 Å². The molecule has 1 heterocycles. The van der Waals surface area contributed by atoms with Crippen molar-refractivity contribution in [3.8, 4) is 0 Å². The van der Waals surface area contributed by atoms with E-state index in [1.807, 2.05) is 0 Å². The fraction of sp³-hybridized carbons (Fsp3) is 0.385. The fourth-order valence-corrected chi connectivity index (χ4v) is 2.07. The quantitative estimate of drug-likeness (QED) is 0.835. The first-order valence-corrected chi connectivity index (χ1v) is 5.92. The van der Waals surface area contributed by atoms with E-state index < -0.39 is 5.92 Å². The Morgan fingerprint density at radius 1 is 1.53 bits per heavy atom. The Bertz CT molecular complexity index is 519. The first-order chi connectivity index (χ1) is 9.02. The number of halogens is 1.